The van der Waals surface area contributed by atoms with E-state index in [1.807, 2.05) is 0 Å². The van der Waals surface area contributed by atoms with Crippen LogP contribution in [-0.4, -0.2) is 31.5 Å². The summed E-state index contributed by atoms with van der Waals surface area (Å²) < 4.78 is 10.9. The van der Waals surface area contributed by atoms with Gasteiger partial charge in [0.2, 0.25) is 0 Å². The normalized spacial score (nSPS) is 27.7. The monoisotopic (exact) mass is 289 g/mol. The number of nitrogens with one attached hydrogen (secondary N) is 1. The Bertz CT molecular complexity index is 576. The van der Waals surface area contributed by atoms with Crippen molar-refractivity contribution in [2.75, 3.05) is 20.8 Å². The predicted octanol–water partition coefficient (Wildman–Crippen LogP) is 2.20. The number of rotatable bonds is 4. The summed E-state index contributed by atoms with van der Waals surface area (Å²) in [5.74, 6) is 1.58. The number of benzene rings is 1. The van der Waals surface area contributed by atoms with E-state index in [1.54, 1.807) is 14.2 Å². The second-order valence-electron chi connectivity index (χ2n) is 6.73. The van der Waals surface area contributed by atoms with Crippen molar-refractivity contribution in [1.82, 2.24) is 5.32 Å². The Morgan fingerprint density at radius 3 is 2.33 bits per heavy atom. The predicted molar refractivity (Wildman–Crippen MR) is 79.8 cm³/mol. The van der Waals surface area contributed by atoms with Crippen LogP contribution in [0.3, 0.4) is 0 Å². The third kappa shape index (κ3) is 1.82. The topological polar surface area (TPSA) is 50.7 Å². The van der Waals surface area contributed by atoms with Crippen LogP contribution in [0.2, 0.25) is 0 Å². The zero-order valence-corrected chi connectivity index (χ0v) is 12.7. The summed E-state index contributed by atoms with van der Waals surface area (Å²) in [6.07, 6.45) is 5.15. The lowest BCUT2D eigenvalue weighted by molar-refractivity contribution is 0.0402. The minimum absolute atomic E-state index is 0.0434. The summed E-state index contributed by atoms with van der Waals surface area (Å²) >= 11 is 0. The number of aliphatic hydroxyl groups is 1. The maximum Gasteiger partial charge on any atom is 0.161 e. The smallest absolute Gasteiger partial charge is 0.161 e. The van der Waals surface area contributed by atoms with Gasteiger partial charge in [-0.2, -0.15) is 0 Å². The van der Waals surface area contributed by atoms with E-state index < -0.39 is 5.60 Å². The fourth-order valence-corrected chi connectivity index (χ4v) is 4.15. The maximum atomic E-state index is 10.7. The van der Waals surface area contributed by atoms with E-state index in [9.17, 15) is 5.11 Å². The van der Waals surface area contributed by atoms with E-state index in [-0.39, 0.29) is 11.5 Å². The second kappa shape index (κ2) is 4.37. The van der Waals surface area contributed by atoms with Crippen LogP contribution in [-0.2, 0) is 6.42 Å². The molecule has 0 aromatic heterocycles. The average molecular weight is 289 g/mol. The first-order valence-corrected chi connectivity index (χ1v) is 7.84. The summed E-state index contributed by atoms with van der Waals surface area (Å²) in [6.45, 7) is 0.963. The van der Waals surface area contributed by atoms with Crippen molar-refractivity contribution in [1.29, 1.82) is 0 Å². The molecule has 114 valence electrons. The van der Waals surface area contributed by atoms with E-state index in [1.165, 1.54) is 11.1 Å². The Balaban J connectivity index is 1.78. The lowest BCUT2D eigenvalue weighted by Crippen LogP contribution is -2.42. The van der Waals surface area contributed by atoms with E-state index in [2.05, 4.69) is 17.4 Å². The average Bonchev–Trinajstić information content (AvgIpc) is 3.41. The molecule has 0 bridgehead atoms. The lowest BCUT2D eigenvalue weighted by atomic mass is 9.79. The second-order valence-corrected chi connectivity index (χ2v) is 6.73. The van der Waals surface area contributed by atoms with E-state index in [4.69, 9.17) is 9.47 Å². The van der Waals surface area contributed by atoms with Crippen LogP contribution in [0.25, 0.3) is 0 Å². The molecule has 1 aliphatic heterocycles. The van der Waals surface area contributed by atoms with Crippen molar-refractivity contribution >= 4 is 0 Å². The number of methoxy groups -OCH3 is 2. The molecule has 2 aliphatic carbocycles. The van der Waals surface area contributed by atoms with Gasteiger partial charge in [0.15, 0.2) is 11.5 Å². The van der Waals surface area contributed by atoms with Crippen LogP contribution in [0.5, 0.6) is 11.5 Å². The molecule has 4 nitrogen and oxygen atoms in total. The number of hydrogen-bond donors (Lipinski definition) is 2. The standard InChI is InChI=1S/C17H23NO3/c1-20-13-9-11-3-8-18-15(12(11)10-14(13)21-2)16(4-5-16)17(19)6-7-17/h9-10,15,18-19H,3-8H2,1-2H3. The van der Waals surface area contributed by atoms with Gasteiger partial charge < -0.3 is 19.9 Å². The Morgan fingerprint density at radius 2 is 1.76 bits per heavy atom. The molecule has 2 fully saturated rings. The quantitative estimate of drug-likeness (QED) is 0.892. The van der Waals surface area contributed by atoms with Crippen molar-refractivity contribution in [3.63, 3.8) is 0 Å². The van der Waals surface area contributed by atoms with Gasteiger partial charge in [-0.15, -0.1) is 0 Å². The molecule has 3 aliphatic rings. The molecule has 21 heavy (non-hydrogen) atoms. The molecule has 4 heteroatoms. The molecule has 4 rings (SSSR count). The van der Waals surface area contributed by atoms with Gasteiger partial charge in [-0.25, -0.2) is 0 Å². The molecule has 0 radical (unpaired) electrons. The number of fused-ring (bicyclic) bond motifs is 1. The van der Waals surface area contributed by atoms with E-state index in [0.717, 1.165) is 50.1 Å². The van der Waals surface area contributed by atoms with Gasteiger partial charge in [-0.3, -0.25) is 0 Å². The zero-order valence-electron chi connectivity index (χ0n) is 12.7. The first-order chi connectivity index (χ1) is 10.1. The van der Waals surface area contributed by atoms with Crippen LogP contribution >= 0.6 is 0 Å². The summed E-state index contributed by atoms with van der Waals surface area (Å²) in [4.78, 5) is 0. The molecule has 1 aromatic carbocycles. The molecule has 1 aromatic rings. The number of hydrogen-bond acceptors (Lipinski definition) is 4. The molecule has 2 saturated carbocycles. The zero-order chi connectivity index (χ0) is 14.7. The fourth-order valence-electron chi connectivity index (χ4n) is 4.15. The van der Waals surface area contributed by atoms with Gasteiger partial charge in [-0.05, 0) is 61.9 Å². The molecule has 1 atom stereocenters. The van der Waals surface area contributed by atoms with Gasteiger partial charge in [0, 0.05) is 11.5 Å². The minimum atomic E-state index is -0.438. The Labute approximate surface area is 125 Å². The third-order valence-electron chi connectivity index (χ3n) is 5.69. The first-order valence-electron chi connectivity index (χ1n) is 7.84. The van der Waals surface area contributed by atoms with Gasteiger partial charge in [0.25, 0.3) is 0 Å². The molecule has 1 unspecified atom stereocenters. The SMILES string of the molecule is COc1cc2c(cc1OC)C(C1(C3(O)CC3)CC1)NCC2. The first kappa shape index (κ1) is 13.4. The van der Waals surface area contributed by atoms with Crippen LogP contribution in [0.1, 0.15) is 42.9 Å². The molecule has 2 N–H and O–H groups in total. The van der Waals surface area contributed by atoms with Crippen LogP contribution in [0, 0.1) is 5.41 Å². The van der Waals surface area contributed by atoms with Crippen LogP contribution in [0.15, 0.2) is 12.1 Å². The van der Waals surface area contributed by atoms with E-state index in [0.29, 0.717) is 0 Å². The Hall–Kier alpha value is -1.26. The molecular weight excluding hydrogens is 266 g/mol. The highest BCUT2D eigenvalue weighted by Gasteiger charge is 2.68. The molecule has 0 saturated heterocycles. The van der Waals surface area contributed by atoms with Crippen LogP contribution < -0.4 is 14.8 Å². The Kier molecular flexibility index (Phi) is 2.79. The molecular formula is C17H23NO3. The largest absolute Gasteiger partial charge is 0.493 e. The van der Waals surface area contributed by atoms with Crippen LogP contribution in [0.4, 0.5) is 0 Å². The van der Waals surface area contributed by atoms with Gasteiger partial charge in [0.1, 0.15) is 0 Å². The summed E-state index contributed by atoms with van der Waals surface area (Å²) in [5, 5.41) is 14.4. The minimum Gasteiger partial charge on any atom is -0.493 e. The fraction of sp³-hybridized carbons (Fsp3) is 0.647. The van der Waals surface area contributed by atoms with Gasteiger partial charge in [-0.1, -0.05) is 0 Å². The summed E-state index contributed by atoms with van der Waals surface area (Å²) in [5.41, 5.74) is 2.22. The highest BCUT2D eigenvalue weighted by molar-refractivity contribution is 5.50. The Morgan fingerprint density at radius 1 is 1.10 bits per heavy atom. The summed E-state index contributed by atoms with van der Waals surface area (Å²) in [6, 6.07) is 4.46. The molecule has 0 spiro atoms. The number of ether oxygens (including phenoxy) is 2. The summed E-state index contributed by atoms with van der Waals surface area (Å²) in [7, 11) is 3.36. The van der Waals surface area contributed by atoms with Gasteiger partial charge in [0.05, 0.1) is 19.8 Å². The lowest BCUT2D eigenvalue weighted by Gasteiger charge is -2.37. The van der Waals surface area contributed by atoms with E-state index >= 15 is 0 Å². The molecule has 0 amide bonds. The van der Waals surface area contributed by atoms with Crippen molar-refractivity contribution in [3.8, 4) is 11.5 Å². The maximum absolute atomic E-state index is 10.7. The van der Waals surface area contributed by atoms with Crippen molar-refractivity contribution < 1.29 is 14.6 Å². The highest BCUT2D eigenvalue weighted by atomic mass is 16.5. The molecule has 1 heterocycles. The van der Waals surface area contributed by atoms with Crippen molar-refractivity contribution in [2.24, 2.45) is 5.41 Å². The van der Waals surface area contributed by atoms with Crippen molar-refractivity contribution in [3.05, 3.63) is 23.3 Å². The van der Waals surface area contributed by atoms with Crippen molar-refractivity contribution in [2.45, 2.75) is 43.7 Å². The third-order valence-corrected chi connectivity index (χ3v) is 5.69. The van der Waals surface area contributed by atoms with Gasteiger partial charge >= 0.3 is 0 Å². The highest BCUT2D eigenvalue weighted by Crippen LogP contribution is 2.70.